The van der Waals surface area contributed by atoms with E-state index in [0.29, 0.717) is 25.8 Å². The van der Waals surface area contributed by atoms with E-state index in [9.17, 15) is 9.59 Å². The van der Waals surface area contributed by atoms with Crippen molar-refractivity contribution in [3.05, 3.63) is 11.9 Å². The van der Waals surface area contributed by atoms with Gasteiger partial charge in [0.25, 0.3) is 0 Å². The largest absolute Gasteiger partial charge is 0.343 e. The Morgan fingerprint density at radius 1 is 1.45 bits per heavy atom. The minimum Gasteiger partial charge on any atom is -0.343 e. The van der Waals surface area contributed by atoms with Crippen LogP contribution < -0.4 is 5.32 Å². The Kier molecular flexibility index (Phi) is 4.76. The highest BCUT2D eigenvalue weighted by molar-refractivity contribution is 5.91. The molecular formula is C14H22N4O2. The van der Waals surface area contributed by atoms with Crippen LogP contribution in [0.25, 0.3) is 0 Å². The summed E-state index contributed by atoms with van der Waals surface area (Å²) in [7, 11) is 1.82. The highest BCUT2D eigenvalue weighted by atomic mass is 16.2. The minimum atomic E-state index is -0.0226. The third-order valence-electron chi connectivity index (χ3n) is 3.54. The summed E-state index contributed by atoms with van der Waals surface area (Å²) in [5, 5.41) is 7.03. The first-order chi connectivity index (χ1) is 9.56. The zero-order chi connectivity index (χ0) is 14.5. The number of aryl methyl sites for hydroxylation is 2. The number of hydrogen-bond donors (Lipinski definition) is 1. The first kappa shape index (κ1) is 14.6. The molecule has 1 aliphatic heterocycles. The van der Waals surface area contributed by atoms with Crippen molar-refractivity contribution in [1.29, 1.82) is 0 Å². The van der Waals surface area contributed by atoms with Crippen LogP contribution in [0.5, 0.6) is 0 Å². The van der Waals surface area contributed by atoms with E-state index < -0.39 is 0 Å². The van der Waals surface area contributed by atoms with Gasteiger partial charge < -0.3 is 10.2 Å². The van der Waals surface area contributed by atoms with E-state index in [-0.39, 0.29) is 11.8 Å². The summed E-state index contributed by atoms with van der Waals surface area (Å²) in [4.78, 5) is 25.3. The summed E-state index contributed by atoms with van der Waals surface area (Å²) >= 11 is 0. The molecule has 1 N–H and O–H groups in total. The zero-order valence-electron chi connectivity index (χ0n) is 12.2. The van der Waals surface area contributed by atoms with E-state index in [2.05, 4.69) is 10.4 Å². The fraction of sp³-hybridized carbons (Fsp3) is 0.643. The van der Waals surface area contributed by atoms with Gasteiger partial charge in [-0.25, -0.2) is 0 Å². The number of carbonyl (C=O) groups excluding carboxylic acids is 2. The lowest BCUT2D eigenvalue weighted by Crippen LogP contribution is -2.36. The topological polar surface area (TPSA) is 67.2 Å². The Balaban J connectivity index is 1.72. The van der Waals surface area contributed by atoms with Crippen molar-refractivity contribution >= 4 is 17.5 Å². The van der Waals surface area contributed by atoms with Crippen LogP contribution in [0.4, 0.5) is 5.69 Å². The van der Waals surface area contributed by atoms with Crippen molar-refractivity contribution in [3.63, 3.8) is 0 Å². The second-order valence-corrected chi connectivity index (χ2v) is 5.29. The Hall–Kier alpha value is -1.85. The maximum absolute atomic E-state index is 11.8. The number of anilines is 1. The molecular weight excluding hydrogens is 256 g/mol. The Bertz CT molecular complexity index is 495. The molecule has 20 heavy (non-hydrogen) atoms. The van der Waals surface area contributed by atoms with Gasteiger partial charge in [-0.3, -0.25) is 14.3 Å². The van der Waals surface area contributed by atoms with Gasteiger partial charge in [0, 0.05) is 39.2 Å². The van der Waals surface area contributed by atoms with Gasteiger partial charge >= 0.3 is 0 Å². The molecule has 0 radical (unpaired) electrons. The number of aromatic nitrogens is 2. The molecule has 6 heteroatoms. The number of carbonyl (C=O) groups is 2. The Morgan fingerprint density at radius 2 is 2.25 bits per heavy atom. The number of piperidine rings is 1. The molecule has 1 aromatic heterocycles. The molecule has 0 bridgehead atoms. The number of amides is 2. The van der Waals surface area contributed by atoms with Crippen molar-refractivity contribution in [2.24, 2.45) is 7.05 Å². The number of rotatable bonds is 5. The molecule has 0 aliphatic carbocycles. The van der Waals surface area contributed by atoms with E-state index in [1.165, 1.54) is 0 Å². The van der Waals surface area contributed by atoms with Crippen LogP contribution in [-0.2, 0) is 16.6 Å². The first-order valence-corrected chi connectivity index (χ1v) is 7.14. The highest BCUT2D eigenvalue weighted by Gasteiger charge is 2.17. The van der Waals surface area contributed by atoms with Gasteiger partial charge in [0.15, 0.2) is 0 Å². The van der Waals surface area contributed by atoms with Gasteiger partial charge in [0.05, 0.1) is 11.4 Å². The van der Waals surface area contributed by atoms with Gasteiger partial charge in [-0.05, 0) is 26.2 Å². The summed E-state index contributed by atoms with van der Waals surface area (Å²) in [6, 6.07) is 0. The minimum absolute atomic E-state index is 0.0226. The van der Waals surface area contributed by atoms with Crippen molar-refractivity contribution in [3.8, 4) is 0 Å². The molecule has 1 aromatic rings. The van der Waals surface area contributed by atoms with E-state index in [0.717, 1.165) is 30.8 Å². The van der Waals surface area contributed by atoms with Gasteiger partial charge in [-0.15, -0.1) is 0 Å². The SMILES string of the molecule is Cc1nn(C)cc1NC(=O)CCCN1CCCCC1=O. The van der Waals surface area contributed by atoms with Crippen LogP contribution in [0, 0.1) is 6.92 Å². The van der Waals surface area contributed by atoms with E-state index >= 15 is 0 Å². The molecule has 110 valence electrons. The number of nitrogens with one attached hydrogen (secondary N) is 1. The summed E-state index contributed by atoms with van der Waals surface area (Å²) < 4.78 is 1.68. The fourth-order valence-corrected chi connectivity index (χ4v) is 2.46. The predicted molar refractivity (Wildman–Crippen MR) is 76.2 cm³/mol. The fourth-order valence-electron chi connectivity index (χ4n) is 2.46. The normalized spacial score (nSPS) is 15.5. The standard InChI is InChI=1S/C14H22N4O2/c1-11-12(10-17(2)16-11)15-13(19)6-5-9-18-8-4-3-7-14(18)20/h10H,3-9H2,1-2H3,(H,15,19). The van der Waals surface area contributed by atoms with Gasteiger partial charge in [0.2, 0.25) is 11.8 Å². The molecule has 2 amide bonds. The van der Waals surface area contributed by atoms with Crippen molar-refractivity contribution in [1.82, 2.24) is 14.7 Å². The van der Waals surface area contributed by atoms with Crippen molar-refractivity contribution in [2.75, 3.05) is 18.4 Å². The lowest BCUT2D eigenvalue weighted by Gasteiger charge is -2.26. The van der Waals surface area contributed by atoms with Crippen LogP contribution in [0.1, 0.15) is 37.8 Å². The summed E-state index contributed by atoms with van der Waals surface area (Å²) in [6.45, 7) is 3.38. The molecule has 0 spiro atoms. The molecule has 2 heterocycles. The molecule has 1 saturated heterocycles. The summed E-state index contributed by atoms with van der Waals surface area (Å²) in [6.07, 6.45) is 5.65. The van der Waals surface area contributed by atoms with Gasteiger partial charge in [0.1, 0.15) is 0 Å². The zero-order valence-corrected chi connectivity index (χ0v) is 12.2. The predicted octanol–water partition coefficient (Wildman–Crippen LogP) is 1.46. The third-order valence-corrected chi connectivity index (χ3v) is 3.54. The smallest absolute Gasteiger partial charge is 0.224 e. The number of nitrogens with zero attached hydrogens (tertiary/aromatic N) is 3. The van der Waals surface area contributed by atoms with Gasteiger partial charge in [-0.2, -0.15) is 5.10 Å². The molecule has 1 aliphatic rings. The lowest BCUT2D eigenvalue weighted by molar-refractivity contribution is -0.133. The van der Waals surface area contributed by atoms with Crippen molar-refractivity contribution < 1.29 is 9.59 Å². The number of likely N-dealkylation sites (tertiary alicyclic amines) is 1. The maximum Gasteiger partial charge on any atom is 0.224 e. The average molecular weight is 278 g/mol. The third kappa shape index (κ3) is 3.82. The Morgan fingerprint density at radius 3 is 2.90 bits per heavy atom. The van der Waals surface area contributed by atoms with E-state index in [1.54, 1.807) is 10.9 Å². The molecule has 6 nitrogen and oxygen atoms in total. The molecule has 0 atom stereocenters. The summed E-state index contributed by atoms with van der Waals surface area (Å²) in [5.74, 6) is 0.199. The molecule has 0 unspecified atom stereocenters. The van der Waals surface area contributed by atoms with Crippen LogP contribution in [0.3, 0.4) is 0 Å². The lowest BCUT2D eigenvalue weighted by atomic mass is 10.1. The van der Waals surface area contributed by atoms with Crippen LogP contribution in [0.15, 0.2) is 6.20 Å². The molecule has 1 fully saturated rings. The van der Waals surface area contributed by atoms with Crippen LogP contribution in [-0.4, -0.2) is 39.6 Å². The maximum atomic E-state index is 11.8. The highest BCUT2D eigenvalue weighted by Crippen LogP contribution is 2.13. The Labute approximate surface area is 119 Å². The van der Waals surface area contributed by atoms with Crippen LogP contribution >= 0.6 is 0 Å². The quantitative estimate of drug-likeness (QED) is 0.886. The second-order valence-electron chi connectivity index (χ2n) is 5.29. The monoisotopic (exact) mass is 278 g/mol. The second kappa shape index (κ2) is 6.54. The average Bonchev–Trinajstić information content (AvgIpc) is 2.70. The van der Waals surface area contributed by atoms with Gasteiger partial charge in [-0.1, -0.05) is 0 Å². The van der Waals surface area contributed by atoms with E-state index in [4.69, 9.17) is 0 Å². The van der Waals surface area contributed by atoms with Crippen molar-refractivity contribution in [2.45, 2.75) is 39.0 Å². The summed E-state index contributed by atoms with van der Waals surface area (Å²) in [5.41, 5.74) is 1.57. The van der Waals surface area contributed by atoms with Crippen LogP contribution in [0.2, 0.25) is 0 Å². The molecule has 0 saturated carbocycles. The molecule has 0 aromatic carbocycles. The number of hydrogen-bond acceptors (Lipinski definition) is 3. The molecule has 2 rings (SSSR count). The first-order valence-electron chi connectivity index (χ1n) is 7.14. The van der Waals surface area contributed by atoms with E-state index in [1.807, 2.05) is 18.9 Å².